The Morgan fingerprint density at radius 1 is 1.07 bits per heavy atom. The molecule has 14 heavy (non-hydrogen) atoms. The second-order valence-corrected chi connectivity index (χ2v) is 4.97. The summed E-state index contributed by atoms with van der Waals surface area (Å²) in [5, 5.41) is 1.07. The van der Waals surface area contributed by atoms with E-state index in [1.807, 2.05) is 0 Å². The Balaban J connectivity index is 4.40. The second-order valence-electron chi connectivity index (χ2n) is 4.06. The average molecular weight is 216 g/mol. The molecule has 0 saturated carbocycles. The molecule has 0 aromatic rings. The van der Waals surface area contributed by atoms with Crippen molar-refractivity contribution in [3.05, 3.63) is 11.1 Å². The van der Waals surface area contributed by atoms with Gasteiger partial charge < -0.3 is 9.47 Å². The molecule has 0 atom stereocenters. The summed E-state index contributed by atoms with van der Waals surface area (Å²) in [4.78, 5) is 0. The van der Waals surface area contributed by atoms with Gasteiger partial charge in [0.25, 0.3) is 0 Å². The van der Waals surface area contributed by atoms with Gasteiger partial charge in [0.2, 0.25) is 0 Å². The van der Waals surface area contributed by atoms with Gasteiger partial charge in [0.15, 0.2) is 0 Å². The highest BCUT2D eigenvalue weighted by atomic mass is 28.1. The maximum atomic E-state index is 5.74. The molecule has 0 radical (unpaired) electrons. The Morgan fingerprint density at radius 2 is 1.57 bits per heavy atom. The minimum absolute atomic E-state index is 0.247. The van der Waals surface area contributed by atoms with Crippen molar-refractivity contribution in [1.29, 1.82) is 0 Å². The molecule has 0 aliphatic rings. The summed E-state index contributed by atoms with van der Waals surface area (Å²) in [6, 6.07) is 0. The highest BCUT2D eigenvalue weighted by molar-refractivity contribution is 6.20. The molecule has 0 N–H and O–H groups in total. The van der Waals surface area contributed by atoms with E-state index in [4.69, 9.17) is 9.47 Å². The fraction of sp³-hybridized carbons (Fsp3) is 0.818. The van der Waals surface area contributed by atoms with Crippen molar-refractivity contribution in [1.82, 2.24) is 0 Å². The third kappa shape index (κ3) is 6.08. The summed E-state index contributed by atoms with van der Waals surface area (Å²) < 4.78 is 11.4. The molecular weight excluding hydrogens is 192 g/mol. The quantitative estimate of drug-likeness (QED) is 0.500. The first-order chi connectivity index (χ1) is 6.47. The lowest BCUT2D eigenvalue weighted by atomic mass is 10.3. The lowest BCUT2D eigenvalue weighted by molar-refractivity contribution is 0.101. The van der Waals surface area contributed by atoms with Crippen molar-refractivity contribution < 1.29 is 9.47 Å². The van der Waals surface area contributed by atoms with Gasteiger partial charge in [0.1, 0.15) is 11.1 Å². The molecule has 0 saturated heterocycles. The molecule has 3 heteroatoms. The first kappa shape index (κ1) is 13.6. The zero-order valence-electron chi connectivity index (χ0n) is 10.4. The molecule has 84 valence electrons. The largest absolute Gasteiger partial charge is 0.498 e. The molecular formula is C11H24O2Si. The first-order valence-corrected chi connectivity index (χ1v) is 6.50. The van der Waals surface area contributed by atoms with Gasteiger partial charge in [-0.25, -0.2) is 0 Å². The molecule has 0 spiro atoms. The molecule has 0 heterocycles. The van der Waals surface area contributed by atoms with E-state index in [0.717, 1.165) is 34.2 Å². The van der Waals surface area contributed by atoms with Crippen LogP contribution in [0.1, 0.15) is 47.5 Å². The van der Waals surface area contributed by atoms with Crippen LogP contribution in [0.15, 0.2) is 11.1 Å². The monoisotopic (exact) mass is 216 g/mol. The zero-order valence-corrected chi connectivity index (χ0v) is 12.4. The predicted molar refractivity (Wildman–Crippen MR) is 64.3 cm³/mol. The van der Waals surface area contributed by atoms with Crippen LogP contribution in [0.5, 0.6) is 0 Å². The van der Waals surface area contributed by atoms with Crippen molar-refractivity contribution in [3.8, 4) is 0 Å². The first-order valence-electron chi connectivity index (χ1n) is 5.50. The summed E-state index contributed by atoms with van der Waals surface area (Å²) in [7, 11) is 0.922. The van der Waals surface area contributed by atoms with E-state index >= 15 is 0 Å². The second kappa shape index (κ2) is 6.93. The van der Waals surface area contributed by atoms with Crippen molar-refractivity contribution in [2.75, 3.05) is 0 Å². The van der Waals surface area contributed by atoms with Crippen LogP contribution in [0.25, 0.3) is 0 Å². The molecule has 0 aromatic heterocycles. The molecule has 0 aromatic carbocycles. The normalized spacial score (nSPS) is 13.4. The Kier molecular flexibility index (Phi) is 6.71. The minimum atomic E-state index is 0.247. The Morgan fingerprint density at radius 3 is 1.93 bits per heavy atom. The highest BCUT2D eigenvalue weighted by Gasteiger charge is 2.07. The molecule has 0 fully saturated rings. The fourth-order valence-electron chi connectivity index (χ4n) is 1.25. The van der Waals surface area contributed by atoms with Crippen LogP contribution in [-0.2, 0) is 9.47 Å². The summed E-state index contributed by atoms with van der Waals surface area (Å²) in [5.74, 6) is 1.06. The molecule has 0 rings (SSSR count). The van der Waals surface area contributed by atoms with Gasteiger partial charge in [-0.05, 0) is 34.1 Å². The molecule has 0 bridgehead atoms. The highest BCUT2D eigenvalue weighted by Crippen LogP contribution is 2.15. The number of rotatable bonds is 6. The van der Waals surface area contributed by atoms with E-state index in [1.54, 1.807) is 0 Å². The van der Waals surface area contributed by atoms with Gasteiger partial charge >= 0.3 is 0 Å². The summed E-state index contributed by atoms with van der Waals surface area (Å²) in [6.45, 7) is 10.4. The number of hydrogen-bond acceptors (Lipinski definition) is 2. The maximum Gasteiger partial charge on any atom is 0.128 e. The Hall–Kier alpha value is -0.443. The van der Waals surface area contributed by atoms with E-state index in [9.17, 15) is 0 Å². The van der Waals surface area contributed by atoms with E-state index in [2.05, 4.69) is 34.6 Å². The van der Waals surface area contributed by atoms with Crippen LogP contribution in [0.3, 0.4) is 0 Å². The van der Waals surface area contributed by atoms with Crippen molar-refractivity contribution in [2.45, 2.75) is 59.7 Å². The van der Waals surface area contributed by atoms with E-state index in [-0.39, 0.29) is 12.2 Å². The Labute approximate surface area is 91.1 Å². The third-order valence-electron chi connectivity index (χ3n) is 1.66. The van der Waals surface area contributed by atoms with Crippen LogP contribution in [0, 0.1) is 0 Å². The van der Waals surface area contributed by atoms with E-state index in [1.165, 1.54) is 0 Å². The summed E-state index contributed by atoms with van der Waals surface area (Å²) in [6.07, 6.45) is 2.60. The topological polar surface area (TPSA) is 18.5 Å². The predicted octanol–water partition coefficient (Wildman–Crippen LogP) is 2.17. The minimum Gasteiger partial charge on any atom is -0.498 e. The maximum absolute atomic E-state index is 5.74. The van der Waals surface area contributed by atoms with E-state index < -0.39 is 0 Å². The number of allylic oxidation sites excluding steroid dienone is 1. The van der Waals surface area contributed by atoms with Gasteiger partial charge in [-0.15, -0.1) is 0 Å². The van der Waals surface area contributed by atoms with E-state index in [0.29, 0.717) is 0 Å². The molecule has 0 unspecified atom stereocenters. The molecule has 0 amide bonds. The summed E-state index contributed by atoms with van der Waals surface area (Å²) in [5.41, 5.74) is 0. The summed E-state index contributed by atoms with van der Waals surface area (Å²) >= 11 is 0. The van der Waals surface area contributed by atoms with Crippen molar-refractivity contribution in [2.24, 2.45) is 0 Å². The van der Waals surface area contributed by atoms with Gasteiger partial charge in [-0.3, -0.25) is 0 Å². The van der Waals surface area contributed by atoms with Gasteiger partial charge in [0.05, 0.1) is 22.5 Å². The van der Waals surface area contributed by atoms with Crippen LogP contribution < -0.4 is 0 Å². The third-order valence-corrected chi connectivity index (χ3v) is 2.45. The van der Waals surface area contributed by atoms with Crippen molar-refractivity contribution in [3.63, 3.8) is 0 Å². The average Bonchev–Trinajstić information content (AvgIpc) is 2.01. The molecule has 0 aliphatic heterocycles. The van der Waals surface area contributed by atoms with Crippen molar-refractivity contribution >= 4 is 10.2 Å². The lowest BCUT2D eigenvalue weighted by Gasteiger charge is -2.18. The fourth-order valence-corrected chi connectivity index (χ4v) is 2.09. The molecule has 2 nitrogen and oxygen atoms in total. The van der Waals surface area contributed by atoms with Crippen LogP contribution in [0.4, 0.5) is 0 Å². The Bertz CT molecular complexity index is 186. The molecule has 0 aliphatic carbocycles. The van der Waals surface area contributed by atoms with Gasteiger partial charge in [-0.1, -0.05) is 6.92 Å². The van der Waals surface area contributed by atoms with Gasteiger partial charge in [-0.2, -0.15) is 0 Å². The zero-order chi connectivity index (χ0) is 11.1. The smallest absolute Gasteiger partial charge is 0.128 e. The SMILES string of the molecule is CCCC(OC(C)C)=C([SiH3])OC(C)C. The lowest BCUT2D eigenvalue weighted by Crippen LogP contribution is -2.10. The number of ether oxygens (including phenoxy) is 2. The number of hydrogen-bond donors (Lipinski definition) is 0. The van der Waals surface area contributed by atoms with Crippen LogP contribution in [-0.4, -0.2) is 22.5 Å². The van der Waals surface area contributed by atoms with Gasteiger partial charge in [0, 0.05) is 6.42 Å². The standard InChI is InChI=1S/C11H24O2Si/c1-6-7-10(12-8(2)3)11(14)13-9(4)5/h8-9H,6-7H2,1-5,14H3. The van der Waals surface area contributed by atoms with Crippen LogP contribution in [0.2, 0.25) is 0 Å². The van der Waals surface area contributed by atoms with Crippen LogP contribution >= 0.6 is 0 Å².